The van der Waals surface area contributed by atoms with Gasteiger partial charge in [0.05, 0.1) is 7.11 Å². The molecule has 0 aromatic rings. The number of aliphatic carboxylic acids is 1. The molecule has 0 aliphatic heterocycles. The topological polar surface area (TPSA) is 101 Å². The Kier molecular flexibility index (Phi) is 3.87. The summed E-state index contributed by atoms with van der Waals surface area (Å²) in [5, 5.41) is 8.59. The maximum atomic E-state index is 11.7. The van der Waals surface area contributed by atoms with Gasteiger partial charge in [0.25, 0.3) is 0 Å². The first kappa shape index (κ1) is 12.9. The average molecular weight is 251 g/mol. The van der Waals surface area contributed by atoms with E-state index in [0.717, 1.165) is 11.4 Å². The number of carboxylic acid groups (broad SMARTS) is 1. The van der Waals surface area contributed by atoms with Gasteiger partial charge >= 0.3 is 11.9 Å². The summed E-state index contributed by atoms with van der Waals surface area (Å²) in [6.07, 6.45) is 1.27. The predicted octanol–water partition coefficient (Wildman–Crippen LogP) is -0.962. The molecule has 8 heteroatoms. The number of sulfonamides is 1. The van der Waals surface area contributed by atoms with Crippen LogP contribution in [0.2, 0.25) is 0 Å². The second-order valence-electron chi connectivity index (χ2n) is 3.50. The molecule has 1 fully saturated rings. The molecule has 1 rings (SSSR count). The molecule has 0 bridgehead atoms. The molecule has 1 aliphatic carbocycles. The summed E-state index contributed by atoms with van der Waals surface area (Å²) in [4.78, 5) is 21.4. The third kappa shape index (κ3) is 3.46. The van der Waals surface area contributed by atoms with Crippen LogP contribution in [0.3, 0.4) is 0 Å². The lowest BCUT2D eigenvalue weighted by Gasteiger charge is -2.18. The molecule has 16 heavy (non-hydrogen) atoms. The summed E-state index contributed by atoms with van der Waals surface area (Å²) in [5.74, 6) is -2.94. The first-order valence-corrected chi connectivity index (χ1v) is 6.26. The van der Waals surface area contributed by atoms with Crippen molar-refractivity contribution in [3.8, 4) is 0 Å². The van der Waals surface area contributed by atoms with Crippen LogP contribution in [0.25, 0.3) is 0 Å². The minimum atomic E-state index is -3.89. The molecule has 1 saturated carbocycles. The van der Waals surface area contributed by atoms with E-state index in [-0.39, 0.29) is 6.04 Å². The maximum absolute atomic E-state index is 11.7. The highest BCUT2D eigenvalue weighted by molar-refractivity contribution is 7.89. The normalized spacial score (nSPS) is 16.1. The summed E-state index contributed by atoms with van der Waals surface area (Å²) >= 11 is 0. The Hall–Kier alpha value is -1.15. The molecule has 0 atom stereocenters. The van der Waals surface area contributed by atoms with Gasteiger partial charge in [0, 0.05) is 6.04 Å². The molecule has 0 unspecified atom stereocenters. The number of carbonyl (C=O) groups is 2. The van der Waals surface area contributed by atoms with Crippen molar-refractivity contribution < 1.29 is 27.9 Å². The molecule has 0 amide bonds. The summed E-state index contributed by atoms with van der Waals surface area (Å²) < 4.78 is 28.5. The van der Waals surface area contributed by atoms with Gasteiger partial charge in [-0.25, -0.2) is 8.42 Å². The van der Waals surface area contributed by atoms with Crippen molar-refractivity contribution in [1.82, 2.24) is 4.31 Å². The molecule has 0 saturated heterocycles. The molecule has 7 nitrogen and oxygen atoms in total. The van der Waals surface area contributed by atoms with E-state index in [1.807, 2.05) is 0 Å². The van der Waals surface area contributed by atoms with Crippen LogP contribution in [0.4, 0.5) is 0 Å². The van der Waals surface area contributed by atoms with Gasteiger partial charge in [-0.2, -0.15) is 4.31 Å². The SMILES string of the molecule is COC(=O)CS(=O)(=O)N(CC(=O)O)C1CC1. The van der Waals surface area contributed by atoms with Crippen molar-refractivity contribution in [3.05, 3.63) is 0 Å². The van der Waals surface area contributed by atoms with E-state index in [0.29, 0.717) is 12.8 Å². The number of hydrogen-bond donors (Lipinski definition) is 1. The van der Waals surface area contributed by atoms with Gasteiger partial charge in [-0.1, -0.05) is 0 Å². The summed E-state index contributed by atoms with van der Waals surface area (Å²) in [5.41, 5.74) is 0. The Morgan fingerprint density at radius 1 is 1.44 bits per heavy atom. The lowest BCUT2D eigenvalue weighted by atomic mass is 10.6. The van der Waals surface area contributed by atoms with Crippen LogP contribution in [0.1, 0.15) is 12.8 Å². The van der Waals surface area contributed by atoms with Gasteiger partial charge in [0.15, 0.2) is 5.75 Å². The van der Waals surface area contributed by atoms with Gasteiger partial charge < -0.3 is 9.84 Å². The zero-order valence-corrected chi connectivity index (χ0v) is 9.57. The molecule has 1 aliphatic rings. The van der Waals surface area contributed by atoms with E-state index in [9.17, 15) is 18.0 Å². The van der Waals surface area contributed by atoms with Gasteiger partial charge in [-0.15, -0.1) is 0 Å². The van der Waals surface area contributed by atoms with Crippen molar-refractivity contribution in [2.24, 2.45) is 0 Å². The smallest absolute Gasteiger partial charge is 0.322 e. The maximum Gasteiger partial charge on any atom is 0.322 e. The highest BCUT2D eigenvalue weighted by Gasteiger charge is 2.39. The zero-order chi connectivity index (χ0) is 12.3. The van der Waals surface area contributed by atoms with Gasteiger partial charge in [0.2, 0.25) is 10.0 Å². The molecule has 0 heterocycles. The average Bonchev–Trinajstić information content (AvgIpc) is 2.96. The van der Waals surface area contributed by atoms with Crippen LogP contribution in [-0.4, -0.2) is 55.2 Å². The van der Waals surface area contributed by atoms with Crippen molar-refractivity contribution in [3.63, 3.8) is 0 Å². The quantitative estimate of drug-likeness (QED) is 0.610. The van der Waals surface area contributed by atoms with Crippen LogP contribution < -0.4 is 0 Å². The molecule has 0 spiro atoms. The minimum Gasteiger partial charge on any atom is -0.480 e. The first-order chi connectivity index (χ1) is 7.36. The highest BCUT2D eigenvalue weighted by Crippen LogP contribution is 2.29. The van der Waals surface area contributed by atoms with Gasteiger partial charge in [0.1, 0.15) is 6.54 Å². The number of hydrogen-bond acceptors (Lipinski definition) is 5. The van der Waals surface area contributed by atoms with Crippen molar-refractivity contribution in [2.45, 2.75) is 18.9 Å². The fourth-order valence-electron chi connectivity index (χ4n) is 1.24. The van der Waals surface area contributed by atoms with Gasteiger partial charge in [-0.05, 0) is 12.8 Å². The lowest BCUT2D eigenvalue weighted by molar-refractivity contribution is -0.139. The molecular formula is C8H13NO6S. The summed E-state index contributed by atoms with van der Waals surface area (Å²) in [6.45, 7) is -0.607. The first-order valence-electron chi connectivity index (χ1n) is 4.65. The minimum absolute atomic E-state index is 0.286. The molecule has 0 aromatic heterocycles. The van der Waals surface area contributed by atoms with E-state index in [4.69, 9.17) is 5.11 Å². The Morgan fingerprint density at radius 3 is 2.38 bits per heavy atom. The second kappa shape index (κ2) is 4.79. The lowest BCUT2D eigenvalue weighted by Crippen LogP contribution is -2.40. The van der Waals surface area contributed by atoms with Crippen molar-refractivity contribution in [1.29, 1.82) is 0 Å². The van der Waals surface area contributed by atoms with Crippen LogP contribution in [0.5, 0.6) is 0 Å². The second-order valence-corrected chi connectivity index (χ2v) is 5.42. The number of nitrogens with zero attached hydrogens (tertiary/aromatic N) is 1. The third-order valence-electron chi connectivity index (χ3n) is 2.13. The fraction of sp³-hybridized carbons (Fsp3) is 0.750. The number of carboxylic acids is 1. The number of esters is 1. The van der Waals surface area contributed by atoms with Crippen LogP contribution in [-0.2, 0) is 24.3 Å². The molecule has 92 valence electrons. The standard InChI is InChI=1S/C8H13NO6S/c1-15-8(12)5-16(13,14)9(4-7(10)11)6-2-3-6/h6H,2-5H2,1H3,(H,10,11). The predicted molar refractivity (Wildman–Crippen MR) is 53.2 cm³/mol. The third-order valence-corrected chi connectivity index (χ3v) is 3.87. The molecular weight excluding hydrogens is 238 g/mol. The van der Waals surface area contributed by atoms with E-state index in [1.165, 1.54) is 0 Å². The number of rotatable bonds is 6. The van der Waals surface area contributed by atoms with Crippen LogP contribution >= 0.6 is 0 Å². The van der Waals surface area contributed by atoms with Crippen molar-refractivity contribution in [2.75, 3.05) is 19.4 Å². The molecule has 0 aromatic carbocycles. The van der Waals surface area contributed by atoms with Gasteiger partial charge in [-0.3, -0.25) is 9.59 Å². The van der Waals surface area contributed by atoms with Crippen LogP contribution in [0.15, 0.2) is 0 Å². The monoisotopic (exact) mass is 251 g/mol. The summed E-state index contributed by atoms with van der Waals surface area (Å²) in [7, 11) is -2.81. The molecule has 0 radical (unpaired) electrons. The zero-order valence-electron chi connectivity index (χ0n) is 8.75. The highest BCUT2D eigenvalue weighted by atomic mass is 32.2. The Labute approximate surface area is 93.0 Å². The summed E-state index contributed by atoms with van der Waals surface area (Å²) in [6, 6.07) is -0.286. The Balaban J connectivity index is 2.76. The van der Waals surface area contributed by atoms with Crippen LogP contribution in [0, 0.1) is 0 Å². The van der Waals surface area contributed by atoms with Crippen molar-refractivity contribution >= 4 is 22.0 Å². The van der Waals surface area contributed by atoms with E-state index >= 15 is 0 Å². The number of methoxy groups -OCH3 is 1. The fourth-order valence-corrected chi connectivity index (χ4v) is 2.79. The largest absolute Gasteiger partial charge is 0.480 e. The number of carbonyl (C=O) groups excluding carboxylic acids is 1. The Morgan fingerprint density at radius 2 is 2.00 bits per heavy atom. The molecule has 1 N–H and O–H groups in total. The Bertz CT molecular complexity index is 385. The van der Waals surface area contributed by atoms with E-state index < -0.39 is 34.3 Å². The van der Waals surface area contributed by atoms with E-state index in [1.54, 1.807) is 0 Å². The van der Waals surface area contributed by atoms with E-state index in [2.05, 4.69) is 4.74 Å². The number of ether oxygens (including phenoxy) is 1.